The quantitative estimate of drug-likeness (QED) is 0.743. The molecule has 2 aromatic rings. The first-order valence-electron chi connectivity index (χ1n) is 10.6. The molecule has 0 spiro atoms. The van der Waals surface area contributed by atoms with Crippen LogP contribution in [0.3, 0.4) is 0 Å². The average molecular weight is 379 g/mol. The fraction of sp³-hybridized carbons (Fsp3) is 0.458. The Kier molecular flexibility index (Phi) is 5.84. The van der Waals surface area contributed by atoms with E-state index in [9.17, 15) is 4.79 Å². The van der Waals surface area contributed by atoms with Gasteiger partial charge in [-0.05, 0) is 80.3 Å². The first kappa shape index (κ1) is 18.9. The molecule has 0 bridgehead atoms. The summed E-state index contributed by atoms with van der Waals surface area (Å²) in [5, 5.41) is 2.99. The second kappa shape index (κ2) is 8.68. The Morgan fingerprint density at radius 2 is 1.93 bits per heavy atom. The van der Waals surface area contributed by atoms with Crippen molar-refractivity contribution in [3.8, 4) is 5.75 Å². The highest BCUT2D eigenvalue weighted by Gasteiger charge is 2.24. The standard InChI is InChI=1S/C24H30N2O2/c1-18-15-21-9-4-5-10-23(21)26(18)14-6-13-25-24(27)17-28-22-12-11-19-7-2-3-8-20(19)16-22/h4-5,9-12,16,18H,2-3,6-8,13-15,17H2,1H3,(H,25,27). The zero-order chi connectivity index (χ0) is 19.3. The van der Waals surface area contributed by atoms with Gasteiger partial charge in [-0.25, -0.2) is 0 Å². The van der Waals surface area contributed by atoms with Gasteiger partial charge in [0.2, 0.25) is 0 Å². The van der Waals surface area contributed by atoms with Crippen LogP contribution in [0.4, 0.5) is 5.69 Å². The van der Waals surface area contributed by atoms with Crippen molar-refractivity contribution in [3.05, 3.63) is 59.2 Å². The number of carbonyl (C=O) groups excluding carboxylic acids is 1. The van der Waals surface area contributed by atoms with Gasteiger partial charge in [0.25, 0.3) is 5.91 Å². The van der Waals surface area contributed by atoms with Gasteiger partial charge in [-0.3, -0.25) is 4.79 Å². The summed E-state index contributed by atoms with van der Waals surface area (Å²) in [6, 6.07) is 15.4. The highest BCUT2D eigenvalue weighted by atomic mass is 16.5. The summed E-state index contributed by atoms with van der Waals surface area (Å²) >= 11 is 0. The minimum atomic E-state index is -0.0485. The van der Waals surface area contributed by atoms with E-state index >= 15 is 0 Å². The molecule has 1 aliphatic heterocycles. The molecule has 2 aliphatic rings. The van der Waals surface area contributed by atoms with Crippen LogP contribution >= 0.6 is 0 Å². The Balaban J connectivity index is 1.18. The summed E-state index contributed by atoms with van der Waals surface area (Å²) in [4.78, 5) is 14.6. The molecule has 1 atom stereocenters. The fourth-order valence-electron chi connectivity index (χ4n) is 4.45. The number of rotatable bonds is 7. The summed E-state index contributed by atoms with van der Waals surface area (Å²) < 4.78 is 5.71. The second-order valence-electron chi connectivity index (χ2n) is 8.01. The molecule has 28 heavy (non-hydrogen) atoms. The molecule has 4 heteroatoms. The fourth-order valence-corrected chi connectivity index (χ4v) is 4.45. The SMILES string of the molecule is CC1Cc2ccccc2N1CCCNC(=O)COc1ccc2c(c1)CCCC2. The van der Waals surface area contributed by atoms with Gasteiger partial charge >= 0.3 is 0 Å². The van der Waals surface area contributed by atoms with Crippen LogP contribution in [0.25, 0.3) is 0 Å². The highest BCUT2D eigenvalue weighted by Crippen LogP contribution is 2.31. The lowest BCUT2D eigenvalue weighted by molar-refractivity contribution is -0.123. The van der Waals surface area contributed by atoms with E-state index in [1.165, 1.54) is 35.2 Å². The van der Waals surface area contributed by atoms with E-state index in [4.69, 9.17) is 4.74 Å². The van der Waals surface area contributed by atoms with Gasteiger partial charge in [0.05, 0.1) is 0 Å². The molecule has 1 N–H and O–H groups in total. The van der Waals surface area contributed by atoms with Crippen LogP contribution in [0.5, 0.6) is 5.75 Å². The van der Waals surface area contributed by atoms with Crippen molar-refractivity contribution in [2.45, 2.75) is 51.5 Å². The highest BCUT2D eigenvalue weighted by molar-refractivity contribution is 5.77. The Morgan fingerprint density at radius 3 is 2.82 bits per heavy atom. The molecule has 0 aromatic heterocycles. The Bertz CT molecular complexity index is 833. The number of para-hydroxylation sites is 1. The number of aryl methyl sites for hydroxylation is 2. The van der Waals surface area contributed by atoms with Crippen molar-refractivity contribution in [2.75, 3.05) is 24.6 Å². The van der Waals surface area contributed by atoms with Crippen LogP contribution in [0, 0.1) is 0 Å². The number of hydrogen-bond donors (Lipinski definition) is 1. The molecule has 0 fully saturated rings. The summed E-state index contributed by atoms with van der Waals surface area (Å²) in [5.74, 6) is 0.755. The minimum absolute atomic E-state index is 0.0485. The largest absolute Gasteiger partial charge is 0.484 e. The zero-order valence-electron chi connectivity index (χ0n) is 16.7. The molecule has 1 aliphatic carbocycles. The lowest BCUT2D eigenvalue weighted by Gasteiger charge is -2.24. The number of fused-ring (bicyclic) bond motifs is 2. The Hall–Kier alpha value is -2.49. The van der Waals surface area contributed by atoms with Crippen molar-refractivity contribution in [1.82, 2.24) is 5.32 Å². The maximum Gasteiger partial charge on any atom is 0.257 e. The van der Waals surface area contributed by atoms with E-state index in [0.717, 1.165) is 38.0 Å². The molecule has 0 saturated heterocycles. The molecular weight excluding hydrogens is 348 g/mol. The van der Waals surface area contributed by atoms with Gasteiger partial charge in [0.15, 0.2) is 6.61 Å². The number of hydrogen-bond acceptors (Lipinski definition) is 3. The first-order valence-corrected chi connectivity index (χ1v) is 10.6. The number of nitrogens with zero attached hydrogens (tertiary/aromatic N) is 1. The zero-order valence-corrected chi connectivity index (χ0v) is 16.7. The van der Waals surface area contributed by atoms with Crippen LogP contribution in [0.15, 0.2) is 42.5 Å². The molecule has 4 rings (SSSR count). The molecule has 2 aromatic carbocycles. The van der Waals surface area contributed by atoms with E-state index in [1.807, 2.05) is 6.07 Å². The summed E-state index contributed by atoms with van der Waals surface area (Å²) in [5.41, 5.74) is 5.58. The van der Waals surface area contributed by atoms with Gasteiger partial charge in [-0.15, -0.1) is 0 Å². The molecule has 1 unspecified atom stereocenters. The Labute approximate surface area is 167 Å². The van der Waals surface area contributed by atoms with Crippen LogP contribution in [0.1, 0.15) is 42.9 Å². The third-order valence-electron chi connectivity index (χ3n) is 5.94. The summed E-state index contributed by atoms with van der Waals surface area (Å²) in [7, 11) is 0. The first-order chi connectivity index (χ1) is 13.7. The number of anilines is 1. The van der Waals surface area contributed by atoms with Crippen molar-refractivity contribution in [2.24, 2.45) is 0 Å². The predicted octanol–water partition coefficient (Wildman–Crippen LogP) is 3.90. The third kappa shape index (κ3) is 4.32. The van der Waals surface area contributed by atoms with Crippen molar-refractivity contribution in [1.29, 1.82) is 0 Å². The van der Waals surface area contributed by atoms with E-state index < -0.39 is 0 Å². The number of ether oxygens (including phenoxy) is 1. The maximum atomic E-state index is 12.1. The third-order valence-corrected chi connectivity index (χ3v) is 5.94. The van der Waals surface area contributed by atoms with E-state index in [0.29, 0.717) is 12.6 Å². The van der Waals surface area contributed by atoms with Gasteiger partial charge in [0, 0.05) is 24.8 Å². The number of carbonyl (C=O) groups is 1. The topological polar surface area (TPSA) is 41.6 Å². The number of benzene rings is 2. The second-order valence-corrected chi connectivity index (χ2v) is 8.01. The Morgan fingerprint density at radius 1 is 1.11 bits per heavy atom. The normalized spacial score (nSPS) is 17.8. The molecule has 0 saturated carbocycles. The van der Waals surface area contributed by atoms with Crippen molar-refractivity contribution in [3.63, 3.8) is 0 Å². The van der Waals surface area contributed by atoms with Gasteiger partial charge < -0.3 is 15.0 Å². The number of amides is 1. The lowest BCUT2D eigenvalue weighted by atomic mass is 9.92. The maximum absolute atomic E-state index is 12.1. The number of nitrogens with one attached hydrogen (secondary N) is 1. The average Bonchev–Trinajstić information content (AvgIpc) is 3.04. The van der Waals surface area contributed by atoms with Crippen LogP contribution < -0.4 is 15.0 Å². The van der Waals surface area contributed by atoms with Crippen molar-refractivity contribution < 1.29 is 9.53 Å². The van der Waals surface area contributed by atoms with E-state index in [-0.39, 0.29) is 12.5 Å². The lowest BCUT2D eigenvalue weighted by Crippen LogP contribution is -2.34. The van der Waals surface area contributed by atoms with Gasteiger partial charge in [0.1, 0.15) is 5.75 Å². The molecule has 1 amide bonds. The summed E-state index contributed by atoms with van der Waals surface area (Å²) in [6.45, 7) is 3.99. The minimum Gasteiger partial charge on any atom is -0.484 e. The van der Waals surface area contributed by atoms with Crippen LogP contribution in [0.2, 0.25) is 0 Å². The molecular formula is C24H30N2O2. The van der Waals surface area contributed by atoms with Crippen LogP contribution in [-0.2, 0) is 24.1 Å². The smallest absolute Gasteiger partial charge is 0.257 e. The molecule has 148 valence electrons. The van der Waals surface area contributed by atoms with E-state index in [2.05, 4.69) is 53.5 Å². The summed E-state index contributed by atoms with van der Waals surface area (Å²) in [6.07, 6.45) is 6.85. The predicted molar refractivity (Wildman–Crippen MR) is 113 cm³/mol. The van der Waals surface area contributed by atoms with E-state index in [1.54, 1.807) is 0 Å². The molecule has 0 radical (unpaired) electrons. The molecule has 1 heterocycles. The monoisotopic (exact) mass is 378 g/mol. The van der Waals surface area contributed by atoms with Crippen molar-refractivity contribution >= 4 is 11.6 Å². The van der Waals surface area contributed by atoms with Crippen LogP contribution in [-0.4, -0.2) is 31.6 Å². The molecule has 4 nitrogen and oxygen atoms in total. The van der Waals surface area contributed by atoms with Gasteiger partial charge in [-0.1, -0.05) is 24.3 Å². The van der Waals surface area contributed by atoms with Gasteiger partial charge in [-0.2, -0.15) is 0 Å².